The molecule has 1 amide bonds. The van der Waals surface area contributed by atoms with E-state index in [2.05, 4.69) is 10.5 Å². The van der Waals surface area contributed by atoms with Gasteiger partial charge in [0.2, 0.25) is 0 Å². The van der Waals surface area contributed by atoms with Gasteiger partial charge in [-0.05, 0) is 24.3 Å². The molecule has 0 saturated heterocycles. The predicted molar refractivity (Wildman–Crippen MR) is 96.0 cm³/mol. The minimum absolute atomic E-state index is 0.153. The number of anilines is 1. The van der Waals surface area contributed by atoms with Gasteiger partial charge < -0.3 is 24.1 Å². The van der Waals surface area contributed by atoms with Crippen LogP contribution < -0.4 is 19.5 Å². The van der Waals surface area contributed by atoms with Crippen LogP contribution in [0.3, 0.4) is 0 Å². The predicted octanol–water partition coefficient (Wildman–Crippen LogP) is 3.62. The SMILES string of the molecule is COc1ccc(NC(=O)c2cc(-c3ccccc3OC)on2)cc1OC. The van der Waals surface area contributed by atoms with Crippen LogP contribution in [0.25, 0.3) is 11.3 Å². The van der Waals surface area contributed by atoms with Crippen molar-refractivity contribution in [2.45, 2.75) is 0 Å². The molecule has 1 N–H and O–H groups in total. The molecule has 1 heterocycles. The Balaban J connectivity index is 1.80. The second-order valence-electron chi connectivity index (χ2n) is 5.30. The lowest BCUT2D eigenvalue weighted by Gasteiger charge is -2.09. The summed E-state index contributed by atoms with van der Waals surface area (Å²) in [5.74, 6) is 1.77. The van der Waals surface area contributed by atoms with E-state index in [9.17, 15) is 4.79 Å². The summed E-state index contributed by atoms with van der Waals surface area (Å²) >= 11 is 0. The van der Waals surface area contributed by atoms with E-state index in [1.165, 1.54) is 7.11 Å². The first kappa shape index (κ1) is 17.3. The minimum Gasteiger partial charge on any atom is -0.496 e. The zero-order valence-electron chi connectivity index (χ0n) is 14.6. The first-order valence-electron chi connectivity index (χ1n) is 7.79. The average molecular weight is 354 g/mol. The van der Waals surface area contributed by atoms with Gasteiger partial charge in [-0.2, -0.15) is 0 Å². The molecular weight excluding hydrogens is 336 g/mol. The standard InChI is InChI=1S/C19H18N2O5/c1-23-15-7-5-4-6-13(15)17-11-14(21-26-17)19(22)20-12-8-9-16(24-2)18(10-12)25-3/h4-11H,1-3H3,(H,20,22). The van der Waals surface area contributed by atoms with Crippen LogP contribution in [0.1, 0.15) is 10.5 Å². The van der Waals surface area contributed by atoms with E-state index >= 15 is 0 Å². The largest absolute Gasteiger partial charge is 0.496 e. The summed E-state index contributed by atoms with van der Waals surface area (Å²) in [6.07, 6.45) is 0. The molecule has 0 atom stereocenters. The zero-order chi connectivity index (χ0) is 18.5. The summed E-state index contributed by atoms with van der Waals surface area (Å²) < 4.78 is 21.0. The fourth-order valence-electron chi connectivity index (χ4n) is 2.47. The highest BCUT2D eigenvalue weighted by Crippen LogP contribution is 2.31. The molecule has 2 aromatic carbocycles. The lowest BCUT2D eigenvalue weighted by molar-refractivity contribution is 0.101. The summed E-state index contributed by atoms with van der Waals surface area (Å²) in [6, 6.07) is 14.0. The van der Waals surface area contributed by atoms with E-state index in [0.717, 1.165) is 0 Å². The summed E-state index contributed by atoms with van der Waals surface area (Å²) in [6.45, 7) is 0. The highest BCUT2D eigenvalue weighted by atomic mass is 16.5. The van der Waals surface area contributed by atoms with Gasteiger partial charge in [0.15, 0.2) is 23.0 Å². The number of hydrogen-bond acceptors (Lipinski definition) is 6. The van der Waals surface area contributed by atoms with Crippen molar-refractivity contribution in [2.75, 3.05) is 26.6 Å². The Morgan fingerprint density at radius 3 is 2.38 bits per heavy atom. The molecule has 0 spiro atoms. The highest BCUT2D eigenvalue weighted by Gasteiger charge is 2.17. The van der Waals surface area contributed by atoms with Gasteiger partial charge in [0.1, 0.15) is 5.75 Å². The Bertz CT molecular complexity index is 920. The van der Waals surface area contributed by atoms with E-state index in [1.54, 1.807) is 44.6 Å². The number of aromatic nitrogens is 1. The average Bonchev–Trinajstić information content (AvgIpc) is 3.18. The first-order chi connectivity index (χ1) is 12.7. The molecular formula is C19H18N2O5. The van der Waals surface area contributed by atoms with E-state index in [1.807, 2.05) is 18.2 Å². The highest BCUT2D eigenvalue weighted by molar-refractivity contribution is 6.03. The Hall–Kier alpha value is -3.48. The zero-order valence-corrected chi connectivity index (χ0v) is 14.6. The van der Waals surface area contributed by atoms with E-state index in [4.69, 9.17) is 18.7 Å². The second-order valence-corrected chi connectivity index (χ2v) is 5.30. The molecule has 0 aliphatic carbocycles. The van der Waals surface area contributed by atoms with Gasteiger partial charge >= 0.3 is 0 Å². The quantitative estimate of drug-likeness (QED) is 0.728. The van der Waals surface area contributed by atoms with Gasteiger partial charge in [-0.3, -0.25) is 4.79 Å². The first-order valence-corrected chi connectivity index (χ1v) is 7.79. The second kappa shape index (κ2) is 7.60. The van der Waals surface area contributed by atoms with Crippen LogP contribution in [0.4, 0.5) is 5.69 Å². The molecule has 3 aromatic rings. The van der Waals surface area contributed by atoms with Crippen LogP contribution in [0.5, 0.6) is 17.2 Å². The Labute approximate surface area is 150 Å². The molecule has 3 rings (SSSR count). The topological polar surface area (TPSA) is 82.8 Å². The van der Waals surface area contributed by atoms with Crippen LogP contribution >= 0.6 is 0 Å². The molecule has 0 aliphatic heterocycles. The number of carbonyl (C=O) groups excluding carboxylic acids is 1. The number of para-hydroxylation sites is 1. The van der Waals surface area contributed by atoms with Crippen molar-refractivity contribution in [3.8, 4) is 28.6 Å². The number of nitrogens with one attached hydrogen (secondary N) is 1. The summed E-state index contributed by atoms with van der Waals surface area (Å²) in [7, 11) is 4.64. The number of methoxy groups -OCH3 is 3. The van der Waals surface area contributed by atoms with Crippen LogP contribution in [0.2, 0.25) is 0 Å². The number of amides is 1. The third-order valence-corrected chi connectivity index (χ3v) is 3.76. The molecule has 0 radical (unpaired) electrons. The van der Waals surface area contributed by atoms with Crippen molar-refractivity contribution in [3.63, 3.8) is 0 Å². The smallest absolute Gasteiger partial charge is 0.277 e. The maximum absolute atomic E-state index is 12.4. The molecule has 26 heavy (non-hydrogen) atoms. The van der Waals surface area contributed by atoms with Gasteiger partial charge in [0, 0.05) is 17.8 Å². The number of rotatable bonds is 6. The monoisotopic (exact) mass is 354 g/mol. The third-order valence-electron chi connectivity index (χ3n) is 3.76. The van der Waals surface area contributed by atoms with Crippen molar-refractivity contribution < 1.29 is 23.5 Å². The fourth-order valence-corrected chi connectivity index (χ4v) is 2.47. The minimum atomic E-state index is -0.401. The summed E-state index contributed by atoms with van der Waals surface area (Å²) in [4.78, 5) is 12.4. The molecule has 0 bridgehead atoms. The normalized spacial score (nSPS) is 10.3. The number of benzene rings is 2. The molecule has 0 saturated carbocycles. The molecule has 134 valence electrons. The number of ether oxygens (including phenoxy) is 3. The maximum atomic E-state index is 12.4. The van der Waals surface area contributed by atoms with Gasteiger partial charge in [-0.15, -0.1) is 0 Å². The molecule has 7 nitrogen and oxygen atoms in total. The Morgan fingerprint density at radius 1 is 0.923 bits per heavy atom. The van der Waals surface area contributed by atoms with Crippen molar-refractivity contribution in [2.24, 2.45) is 0 Å². The molecule has 7 heteroatoms. The van der Waals surface area contributed by atoms with Crippen molar-refractivity contribution in [3.05, 3.63) is 54.2 Å². The van der Waals surface area contributed by atoms with Crippen LogP contribution in [0.15, 0.2) is 53.1 Å². The Morgan fingerprint density at radius 2 is 1.65 bits per heavy atom. The van der Waals surface area contributed by atoms with Crippen molar-refractivity contribution in [1.82, 2.24) is 5.16 Å². The maximum Gasteiger partial charge on any atom is 0.277 e. The third kappa shape index (κ3) is 3.46. The van der Waals surface area contributed by atoms with Gasteiger partial charge in [-0.25, -0.2) is 0 Å². The summed E-state index contributed by atoms with van der Waals surface area (Å²) in [5.41, 5.74) is 1.42. The molecule has 1 aromatic heterocycles. The lowest BCUT2D eigenvalue weighted by atomic mass is 10.1. The molecule has 0 fully saturated rings. The van der Waals surface area contributed by atoms with Crippen molar-refractivity contribution in [1.29, 1.82) is 0 Å². The van der Waals surface area contributed by atoms with Gasteiger partial charge in [-0.1, -0.05) is 17.3 Å². The van der Waals surface area contributed by atoms with E-state index in [0.29, 0.717) is 34.3 Å². The van der Waals surface area contributed by atoms with Crippen LogP contribution in [-0.2, 0) is 0 Å². The number of hydrogen-bond donors (Lipinski definition) is 1. The van der Waals surface area contributed by atoms with E-state index in [-0.39, 0.29) is 5.69 Å². The lowest BCUT2D eigenvalue weighted by Crippen LogP contribution is -2.12. The van der Waals surface area contributed by atoms with E-state index < -0.39 is 5.91 Å². The van der Waals surface area contributed by atoms with Crippen LogP contribution in [0, 0.1) is 0 Å². The molecule has 0 unspecified atom stereocenters. The number of nitrogens with zero attached hydrogens (tertiary/aromatic N) is 1. The van der Waals surface area contributed by atoms with Crippen LogP contribution in [-0.4, -0.2) is 32.4 Å². The van der Waals surface area contributed by atoms with Gasteiger partial charge in [0.05, 0.1) is 26.9 Å². The summed E-state index contributed by atoms with van der Waals surface area (Å²) in [5, 5.41) is 6.59. The fraction of sp³-hybridized carbons (Fsp3) is 0.158. The molecule has 0 aliphatic rings. The number of carbonyl (C=O) groups is 1. The Kier molecular flexibility index (Phi) is 5.07. The van der Waals surface area contributed by atoms with Crippen molar-refractivity contribution >= 4 is 11.6 Å². The van der Waals surface area contributed by atoms with Gasteiger partial charge in [0.25, 0.3) is 5.91 Å².